The summed E-state index contributed by atoms with van der Waals surface area (Å²) in [5, 5.41) is 3.18. The summed E-state index contributed by atoms with van der Waals surface area (Å²) in [5.41, 5.74) is 2.11. The van der Waals surface area contributed by atoms with Crippen LogP contribution in [0.2, 0.25) is 0 Å². The second-order valence-corrected chi connectivity index (χ2v) is 4.81. The highest BCUT2D eigenvalue weighted by Crippen LogP contribution is 2.16. The van der Waals surface area contributed by atoms with E-state index in [9.17, 15) is 8.78 Å². The standard InChI is InChI=1S/C15H21F2N3O/c1-2-8-20-13-6-4-3-5-12(13)19-15(20)10-18-7-9-21-11-14(16)17/h3-6,14,18H,2,7-11H2,1H3. The van der Waals surface area contributed by atoms with E-state index in [2.05, 4.69) is 27.9 Å². The number of rotatable bonds is 9. The minimum Gasteiger partial charge on any atom is -0.374 e. The Morgan fingerprint density at radius 1 is 1.33 bits per heavy atom. The SMILES string of the molecule is CCCn1c(CNCCOCC(F)F)nc2ccccc21. The van der Waals surface area contributed by atoms with Crippen LogP contribution in [0.5, 0.6) is 0 Å². The van der Waals surface area contributed by atoms with Gasteiger partial charge in [-0.1, -0.05) is 19.1 Å². The Balaban J connectivity index is 1.90. The second-order valence-electron chi connectivity index (χ2n) is 4.81. The molecule has 0 aliphatic heterocycles. The molecule has 1 aromatic carbocycles. The molecule has 2 aromatic rings. The molecule has 0 bridgehead atoms. The molecule has 116 valence electrons. The average Bonchev–Trinajstić information content (AvgIpc) is 2.81. The van der Waals surface area contributed by atoms with E-state index in [1.807, 2.05) is 18.2 Å². The molecule has 0 aliphatic rings. The number of fused-ring (bicyclic) bond motifs is 1. The Bertz CT molecular complexity index is 557. The van der Waals surface area contributed by atoms with E-state index in [4.69, 9.17) is 4.74 Å². The number of hydrogen-bond donors (Lipinski definition) is 1. The highest BCUT2D eigenvalue weighted by atomic mass is 19.3. The van der Waals surface area contributed by atoms with E-state index in [0.29, 0.717) is 13.1 Å². The van der Waals surface area contributed by atoms with Crippen molar-refractivity contribution in [1.82, 2.24) is 14.9 Å². The van der Waals surface area contributed by atoms with Gasteiger partial charge in [0.15, 0.2) is 0 Å². The van der Waals surface area contributed by atoms with E-state index < -0.39 is 13.0 Å². The van der Waals surface area contributed by atoms with Gasteiger partial charge in [0.25, 0.3) is 6.43 Å². The van der Waals surface area contributed by atoms with Crippen molar-refractivity contribution in [3.8, 4) is 0 Å². The van der Waals surface area contributed by atoms with Gasteiger partial charge in [-0.05, 0) is 18.6 Å². The predicted molar refractivity (Wildman–Crippen MR) is 78.6 cm³/mol. The van der Waals surface area contributed by atoms with Crippen molar-refractivity contribution in [2.45, 2.75) is 32.9 Å². The number of benzene rings is 1. The molecule has 0 atom stereocenters. The van der Waals surface area contributed by atoms with Crippen LogP contribution in [-0.2, 0) is 17.8 Å². The summed E-state index contributed by atoms with van der Waals surface area (Å²) in [4.78, 5) is 4.62. The fourth-order valence-corrected chi connectivity index (χ4v) is 2.25. The molecule has 4 nitrogen and oxygen atoms in total. The molecule has 0 radical (unpaired) electrons. The van der Waals surface area contributed by atoms with Crippen LogP contribution in [0, 0.1) is 0 Å². The first kappa shape index (κ1) is 15.9. The first-order valence-electron chi connectivity index (χ1n) is 7.23. The molecule has 0 saturated carbocycles. The summed E-state index contributed by atoms with van der Waals surface area (Å²) >= 11 is 0. The maximum absolute atomic E-state index is 11.9. The van der Waals surface area contributed by atoms with Crippen molar-refractivity contribution in [3.63, 3.8) is 0 Å². The van der Waals surface area contributed by atoms with Gasteiger partial charge in [-0.25, -0.2) is 13.8 Å². The number of para-hydroxylation sites is 2. The molecule has 21 heavy (non-hydrogen) atoms. The lowest BCUT2D eigenvalue weighted by Gasteiger charge is -2.09. The Hall–Kier alpha value is -1.53. The van der Waals surface area contributed by atoms with Crippen LogP contribution in [0.15, 0.2) is 24.3 Å². The molecule has 2 rings (SSSR count). The van der Waals surface area contributed by atoms with Crippen molar-refractivity contribution < 1.29 is 13.5 Å². The second kappa shape index (κ2) is 8.05. The Morgan fingerprint density at radius 3 is 2.90 bits per heavy atom. The number of hydrogen-bond acceptors (Lipinski definition) is 3. The Morgan fingerprint density at radius 2 is 2.14 bits per heavy atom. The van der Waals surface area contributed by atoms with Crippen LogP contribution in [0.1, 0.15) is 19.2 Å². The van der Waals surface area contributed by atoms with Gasteiger partial charge in [-0.3, -0.25) is 0 Å². The molecule has 0 spiro atoms. The number of alkyl halides is 2. The summed E-state index contributed by atoms with van der Waals surface area (Å²) in [5.74, 6) is 0.965. The maximum Gasteiger partial charge on any atom is 0.261 e. The molecule has 0 unspecified atom stereocenters. The Kier molecular flexibility index (Phi) is 6.07. The highest BCUT2D eigenvalue weighted by Gasteiger charge is 2.09. The van der Waals surface area contributed by atoms with Crippen LogP contribution >= 0.6 is 0 Å². The molecule has 0 amide bonds. The Labute approximate surface area is 123 Å². The van der Waals surface area contributed by atoms with Gasteiger partial charge in [0.1, 0.15) is 12.4 Å². The topological polar surface area (TPSA) is 39.1 Å². The third kappa shape index (κ3) is 4.47. The largest absolute Gasteiger partial charge is 0.374 e. The van der Waals surface area contributed by atoms with Gasteiger partial charge >= 0.3 is 0 Å². The number of aromatic nitrogens is 2. The zero-order chi connectivity index (χ0) is 15.1. The summed E-state index contributed by atoms with van der Waals surface area (Å²) in [6, 6.07) is 8.04. The monoisotopic (exact) mass is 297 g/mol. The molecule has 1 aromatic heterocycles. The third-order valence-corrected chi connectivity index (χ3v) is 3.13. The molecule has 0 aliphatic carbocycles. The van der Waals surface area contributed by atoms with Crippen molar-refractivity contribution in [1.29, 1.82) is 0 Å². The molecular weight excluding hydrogens is 276 g/mol. The first-order valence-corrected chi connectivity index (χ1v) is 7.23. The lowest BCUT2D eigenvalue weighted by atomic mass is 10.3. The van der Waals surface area contributed by atoms with E-state index in [1.165, 1.54) is 0 Å². The number of imidazole rings is 1. The van der Waals surface area contributed by atoms with Gasteiger partial charge < -0.3 is 14.6 Å². The number of nitrogens with one attached hydrogen (secondary N) is 1. The highest BCUT2D eigenvalue weighted by molar-refractivity contribution is 5.75. The minimum atomic E-state index is -2.40. The minimum absolute atomic E-state index is 0.276. The maximum atomic E-state index is 11.9. The van der Waals surface area contributed by atoms with Gasteiger partial charge in [-0.2, -0.15) is 0 Å². The lowest BCUT2D eigenvalue weighted by molar-refractivity contribution is 0.0186. The molecule has 1 heterocycles. The third-order valence-electron chi connectivity index (χ3n) is 3.13. The number of ether oxygens (including phenoxy) is 1. The summed E-state index contributed by atoms with van der Waals surface area (Å²) in [6.07, 6.45) is -1.37. The van der Waals surface area contributed by atoms with Crippen LogP contribution in [0.3, 0.4) is 0 Å². The molecule has 0 saturated heterocycles. The van der Waals surface area contributed by atoms with E-state index in [0.717, 1.165) is 29.8 Å². The van der Waals surface area contributed by atoms with Crippen molar-refractivity contribution >= 4 is 11.0 Å². The summed E-state index contributed by atoms with van der Waals surface area (Å²) < 4.78 is 30.8. The van der Waals surface area contributed by atoms with E-state index in [-0.39, 0.29) is 6.61 Å². The number of aryl methyl sites for hydroxylation is 1. The van der Waals surface area contributed by atoms with Gasteiger partial charge in [-0.15, -0.1) is 0 Å². The smallest absolute Gasteiger partial charge is 0.261 e. The quantitative estimate of drug-likeness (QED) is 0.723. The van der Waals surface area contributed by atoms with Crippen LogP contribution in [0.4, 0.5) is 8.78 Å². The summed E-state index contributed by atoms with van der Waals surface area (Å²) in [7, 11) is 0. The van der Waals surface area contributed by atoms with Gasteiger partial charge in [0, 0.05) is 13.1 Å². The lowest BCUT2D eigenvalue weighted by Crippen LogP contribution is -2.22. The number of nitrogens with zero attached hydrogens (tertiary/aromatic N) is 2. The van der Waals surface area contributed by atoms with E-state index >= 15 is 0 Å². The fourth-order valence-electron chi connectivity index (χ4n) is 2.25. The fraction of sp³-hybridized carbons (Fsp3) is 0.533. The normalized spacial score (nSPS) is 11.6. The molecule has 0 fully saturated rings. The first-order chi connectivity index (χ1) is 10.2. The van der Waals surface area contributed by atoms with Gasteiger partial charge in [0.05, 0.1) is 24.2 Å². The molecule has 1 N–H and O–H groups in total. The van der Waals surface area contributed by atoms with Crippen molar-refractivity contribution in [3.05, 3.63) is 30.1 Å². The van der Waals surface area contributed by atoms with Crippen LogP contribution in [0.25, 0.3) is 11.0 Å². The molecule has 6 heteroatoms. The summed E-state index contributed by atoms with van der Waals surface area (Å²) in [6.45, 7) is 3.95. The van der Waals surface area contributed by atoms with Crippen LogP contribution < -0.4 is 5.32 Å². The van der Waals surface area contributed by atoms with E-state index in [1.54, 1.807) is 0 Å². The van der Waals surface area contributed by atoms with Gasteiger partial charge in [0.2, 0.25) is 0 Å². The predicted octanol–water partition coefficient (Wildman–Crippen LogP) is 2.82. The number of halogens is 2. The van der Waals surface area contributed by atoms with Crippen molar-refractivity contribution in [2.75, 3.05) is 19.8 Å². The zero-order valence-electron chi connectivity index (χ0n) is 12.2. The zero-order valence-corrected chi connectivity index (χ0v) is 12.2. The van der Waals surface area contributed by atoms with Crippen LogP contribution in [-0.4, -0.2) is 35.7 Å². The van der Waals surface area contributed by atoms with Crippen molar-refractivity contribution in [2.24, 2.45) is 0 Å². The molecular formula is C15H21F2N3O. The average molecular weight is 297 g/mol.